The molecule has 0 amide bonds. The molecule has 4 nitrogen and oxygen atoms in total. The first kappa shape index (κ1) is 15.4. The molecule has 0 atom stereocenters. The van der Waals surface area contributed by atoms with Gasteiger partial charge in [0.15, 0.2) is 0 Å². The quantitative estimate of drug-likeness (QED) is 0.759. The summed E-state index contributed by atoms with van der Waals surface area (Å²) >= 11 is 3.42. The minimum atomic E-state index is -3.24. The minimum absolute atomic E-state index is 0.298. The van der Waals surface area contributed by atoms with E-state index in [0.29, 0.717) is 31.4 Å². The molecule has 0 radical (unpaired) electrons. The summed E-state index contributed by atoms with van der Waals surface area (Å²) in [7, 11) is -3.24. The van der Waals surface area contributed by atoms with Crippen molar-refractivity contribution in [2.45, 2.75) is 50.3 Å². The highest BCUT2D eigenvalue weighted by atomic mass is 79.9. The first-order chi connectivity index (χ1) is 7.99. The number of sulfonamides is 1. The standard InChI is InChI=1S/C11H22BrNO3S/c1-3-11(4-2,9-12)13-17(14,15)10-5-7-16-8-6-10/h10,13H,3-9H2,1-2H3. The molecule has 1 N–H and O–H groups in total. The highest BCUT2D eigenvalue weighted by Gasteiger charge is 2.35. The summed E-state index contributed by atoms with van der Waals surface area (Å²) in [5, 5.41) is 0.350. The van der Waals surface area contributed by atoms with Gasteiger partial charge in [0.2, 0.25) is 10.0 Å². The molecular weight excluding hydrogens is 306 g/mol. The van der Waals surface area contributed by atoms with E-state index in [1.807, 2.05) is 13.8 Å². The second-order valence-electron chi connectivity index (χ2n) is 4.58. The van der Waals surface area contributed by atoms with Gasteiger partial charge in [-0.05, 0) is 25.7 Å². The largest absolute Gasteiger partial charge is 0.381 e. The molecule has 1 aliphatic rings. The number of halogens is 1. The number of hydrogen-bond acceptors (Lipinski definition) is 3. The van der Waals surface area contributed by atoms with Crippen molar-refractivity contribution in [1.82, 2.24) is 4.72 Å². The monoisotopic (exact) mass is 327 g/mol. The van der Waals surface area contributed by atoms with E-state index in [1.54, 1.807) is 0 Å². The Morgan fingerprint density at radius 1 is 1.29 bits per heavy atom. The maximum absolute atomic E-state index is 12.3. The van der Waals surface area contributed by atoms with Gasteiger partial charge < -0.3 is 4.74 Å². The van der Waals surface area contributed by atoms with Crippen LogP contribution in [0.1, 0.15) is 39.5 Å². The Kier molecular flexibility index (Phi) is 5.89. The van der Waals surface area contributed by atoms with Crippen LogP contribution in [-0.4, -0.2) is 37.8 Å². The highest BCUT2D eigenvalue weighted by molar-refractivity contribution is 9.09. The van der Waals surface area contributed by atoms with Gasteiger partial charge >= 0.3 is 0 Å². The van der Waals surface area contributed by atoms with Crippen molar-refractivity contribution in [3.8, 4) is 0 Å². The predicted molar refractivity (Wildman–Crippen MR) is 73.0 cm³/mol. The Morgan fingerprint density at radius 2 is 1.82 bits per heavy atom. The Bertz CT molecular complexity index is 313. The molecule has 0 saturated carbocycles. The second-order valence-corrected chi connectivity index (χ2v) is 7.10. The molecule has 1 fully saturated rings. The van der Waals surface area contributed by atoms with Crippen molar-refractivity contribution in [3.63, 3.8) is 0 Å². The van der Waals surface area contributed by atoms with Gasteiger partial charge in [0, 0.05) is 24.1 Å². The van der Waals surface area contributed by atoms with Crippen LogP contribution in [0, 0.1) is 0 Å². The number of nitrogens with one attached hydrogen (secondary N) is 1. The van der Waals surface area contributed by atoms with E-state index in [0.717, 1.165) is 12.8 Å². The number of alkyl halides is 1. The summed E-state index contributed by atoms with van der Waals surface area (Å²) in [6, 6.07) is 0. The van der Waals surface area contributed by atoms with E-state index in [2.05, 4.69) is 20.7 Å². The number of rotatable bonds is 6. The fourth-order valence-electron chi connectivity index (χ4n) is 1.98. The summed E-state index contributed by atoms with van der Waals surface area (Å²) in [5.74, 6) is 0. The van der Waals surface area contributed by atoms with E-state index >= 15 is 0 Å². The molecule has 6 heteroatoms. The van der Waals surface area contributed by atoms with Crippen LogP contribution in [0.25, 0.3) is 0 Å². The molecule has 1 rings (SSSR count). The summed E-state index contributed by atoms with van der Waals surface area (Å²) in [4.78, 5) is 0. The topological polar surface area (TPSA) is 55.4 Å². The average molecular weight is 328 g/mol. The lowest BCUT2D eigenvalue weighted by molar-refractivity contribution is 0.0979. The van der Waals surface area contributed by atoms with E-state index in [-0.39, 0.29) is 10.8 Å². The third-order valence-corrected chi connectivity index (χ3v) is 6.72. The molecule has 0 unspecified atom stereocenters. The lowest BCUT2D eigenvalue weighted by Gasteiger charge is -2.33. The van der Waals surface area contributed by atoms with Crippen molar-refractivity contribution in [2.24, 2.45) is 0 Å². The van der Waals surface area contributed by atoms with Crippen LogP contribution in [0.2, 0.25) is 0 Å². The molecule has 1 aliphatic heterocycles. The lowest BCUT2D eigenvalue weighted by atomic mass is 9.97. The SMILES string of the molecule is CCC(CC)(CBr)NS(=O)(=O)C1CCOCC1. The minimum Gasteiger partial charge on any atom is -0.381 e. The lowest BCUT2D eigenvalue weighted by Crippen LogP contribution is -2.52. The first-order valence-electron chi connectivity index (χ1n) is 6.16. The molecular formula is C11H22BrNO3S. The van der Waals surface area contributed by atoms with Crippen molar-refractivity contribution >= 4 is 26.0 Å². The average Bonchev–Trinajstić information content (AvgIpc) is 2.37. The zero-order valence-electron chi connectivity index (χ0n) is 10.5. The third-order valence-electron chi connectivity index (χ3n) is 3.58. The molecule has 1 saturated heterocycles. The molecule has 1 heterocycles. The van der Waals surface area contributed by atoms with E-state index in [1.165, 1.54) is 0 Å². The fourth-order valence-corrected chi connectivity index (χ4v) is 5.04. The van der Waals surface area contributed by atoms with Crippen molar-refractivity contribution in [3.05, 3.63) is 0 Å². The second kappa shape index (κ2) is 6.50. The van der Waals surface area contributed by atoms with Crippen LogP contribution in [0.3, 0.4) is 0 Å². The van der Waals surface area contributed by atoms with Gasteiger partial charge in [-0.2, -0.15) is 0 Å². The Balaban J connectivity index is 2.76. The maximum atomic E-state index is 12.3. The molecule has 17 heavy (non-hydrogen) atoms. The smallest absolute Gasteiger partial charge is 0.215 e. The first-order valence-corrected chi connectivity index (χ1v) is 8.83. The van der Waals surface area contributed by atoms with Crippen LogP contribution < -0.4 is 4.72 Å². The highest BCUT2D eigenvalue weighted by Crippen LogP contribution is 2.23. The van der Waals surface area contributed by atoms with Crippen LogP contribution in [0.5, 0.6) is 0 Å². The van der Waals surface area contributed by atoms with E-state index in [9.17, 15) is 8.42 Å². The number of ether oxygens (including phenoxy) is 1. The van der Waals surface area contributed by atoms with Gasteiger partial charge in [-0.25, -0.2) is 13.1 Å². The van der Waals surface area contributed by atoms with Crippen molar-refractivity contribution < 1.29 is 13.2 Å². The molecule has 0 aromatic rings. The maximum Gasteiger partial charge on any atom is 0.215 e. The van der Waals surface area contributed by atoms with Crippen molar-refractivity contribution in [2.75, 3.05) is 18.5 Å². The van der Waals surface area contributed by atoms with Gasteiger partial charge in [0.25, 0.3) is 0 Å². The Morgan fingerprint density at radius 3 is 2.24 bits per heavy atom. The van der Waals surface area contributed by atoms with E-state index < -0.39 is 10.0 Å². The van der Waals surface area contributed by atoms with Gasteiger partial charge in [0.1, 0.15) is 0 Å². The van der Waals surface area contributed by atoms with Crippen LogP contribution in [0.15, 0.2) is 0 Å². The molecule has 0 spiro atoms. The normalized spacial score (nSPS) is 19.5. The van der Waals surface area contributed by atoms with E-state index in [4.69, 9.17) is 4.74 Å². The van der Waals surface area contributed by atoms with Crippen LogP contribution >= 0.6 is 15.9 Å². The summed E-state index contributed by atoms with van der Waals surface area (Å²) < 4.78 is 32.7. The third kappa shape index (κ3) is 3.91. The zero-order valence-corrected chi connectivity index (χ0v) is 12.9. The van der Waals surface area contributed by atoms with Gasteiger partial charge in [-0.1, -0.05) is 29.8 Å². The summed E-state index contributed by atoms with van der Waals surface area (Å²) in [6.45, 7) is 5.12. The molecule has 0 aromatic heterocycles. The summed E-state index contributed by atoms with van der Waals surface area (Å²) in [5.41, 5.74) is -0.350. The molecule has 102 valence electrons. The Hall–Kier alpha value is 0.350. The van der Waals surface area contributed by atoms with Gasteiger partial charge in [-0.3, -0.25) is 0 Å². The number of hydrogen-bond donors (Lipinski definition) is 1. The van der Waals surface area contributed by atoms with Crippen molar-refractivity contribution in [1.29, 1.82) is 0 Å². The molecule has 0 aromatic carbocycles. The van der Waals surface area contributed by atoms with Crippen LogP contribution in [-0.2, 0) is 14.8 Å². The molecule has 0 aliphatic carbocycles. The predicted octanol–water partition coefficient (Wildman–Crippen LogP) is 2.04. The Labute approximate surface area is 113 Å². The van der Waals surface area contributed by atoms with Gasteiger partial charge in [-0.15, -0.1) is 0 Å². The zero-order chi connectivity index (χ0) is 12.9. The van der Waals surface area contributed by atoms with Crippen LogP contribution in [0.4, 0.5) is 0 Å². The molecule has 0 bridgehead atoms. The summed E-state index contributed by atoms with van der Waals surface area (Å²) in [6.07, 6.45) is 2.77. The van der Waals surface area contributed by atoms with Gasteiger partial charge in [0.05, 0.1) is 5.25 Å². The fraction of sp³-hybridized carbons (Fsp3) is 1.00.